The summed E-state index contributed by atoms with van der Waals surface area (Å²) in [5.41, 5.74) is 7.68. The first-order chi connectivity index (χ1) is 35.5. The third-order valence-corrected chi connectivity index (χ3v) is 8.34. The zero-order valence-corrected chi connectivity index (χ0v) is 44.0. The van der Waals surface area contributed by atoms with Crippen LogP contribution in [0.3, 0.4) is 0 Å². The van der Waals surface area contributed by atoms with Crippen LogP contribution in [0.15, 0.2) is 5.11 Å². The van der Waals surface area contributed by atoms with E-state index in [4.69, 9.17) is 105 Å². The van der Waals surface area contributed by atoms with Gasteiger partial charge in [0.2, 0.25) is 0 Å². The minimum absolute atomic E-state index is 0.224. The molecule has 0 bridgehead atoms. The molecule has 0 saturated carbocycles. The first-order valence-corrected chi connectivity index (χ1v) is 25.2. The third kappa shape index (κ3) is 66.0. The van der Waals surface area contributed by atoms with Gasteiger partial charge in [0.15, 0.2) is 0 Å². The highest BCUT2D eigenvalue weighted by molar-refractivity contribution is 5.69. The zero-order chi connectivity index (χ0) is 52.0. The Kier molecular flexibility index (Phi) is 59.8. The summed E-state index contributed by atoms with van der Waals surface area (Å²) in [5, 5.41) is 3.38. The molecule has 0 aliphatic rings. The number of esters is 1. The molecule has 0 spiro atoms. The highest BCUT2D eigenvalue weighted by atomic mass is 16.6. The molecule has 0 heterocycles. The predicted molar refractivity (Wildman–Crippen MR) is 261 cm³/mol. The molecule has 0 unspecified atom stereocenters. The maximum absolute atomic E-state index is 11.6. The van der Waals surface area contributed by atoms with Gasteiger partial charge in [0.05, 0.1) is 271 Å². The second-order valence-corrected chi connectivity index (χ2v) is 15.5. The van der Waals surface area contributed by atoms with Gasteiger partial charge in [-0.05, 0) is 26.3 Å². The summed E-state index contributed by atoms with van der Waals surface area (Å²) >= 11 is 0. The lowest BCUT2D eigenvalue weighted by Crippen LogP contribution is -2.24. The molecule has 25 heteroatoms. The van der Waals surface area contributed by atoms with Gasteiger partial charge in [0.25, 0.3) is 0 Å². The molecular formula is C47H93N3O22. The summed E-state index contributed by atoms with van der Waals surface area (Å²) in [4.78, 5) is 14.2. The average Bonchev–Trinajstić information content (AvgIpc) is 3.36. The van der Waals surface area contributed by atoms with E-state index in [9.17, 15) is 4.79 Å². The number of hydrogen-bond acceptors (Lipinski definition) is 23. The Morgan fingerprint density at radius 1 is 0.292 bits per heavy atom. The summed E-state index contributed by atoms with van der Waals surface area (Å²) in [6.07, 6.45) is 0.224. The van der Waals surface area contributed by atoms with Gasteiger partial charge in [-0.15, -0.1) is 0 Å². The molecule has 0 radical (unpaired) electrons. The van der Waals surface area contributed by atoms with E-state index in [0.717, 1.165) is 0 Å². The highest BCUT2D eigenvalue weighted by Crippen LogP contribution is 2.08. The molecule has 0 saturated heterocycles. The second-order valence-electron chi connectivity index (χ2n) is 15.5. The topological polar surface area (TPSA) is 260 Å². The van der Waals surface area contributed by atoms with Crippen LogP contribution in [-0.2, 0) is 104 Å². The van der Waals surface area contributed by atoms with Gasteiger partial charge in [-0.2, -0.15) is 0 Å². The Hall–Kier alpha value is -2.02. The van der Waals surface area contributed by atoms with E-state index in [-0.39, 0.29) is 12.4 Å². The molecule has 0 aliphatic heterocycles. The van der Waals surface area contributed by atoms with Crippen molar-refractivity contribution in [3.63, 3.8) is 0 Å². The molecule has 25 nitrogen and oxygen atoms in total. The van der Waals surface area contributed by atoms with Crippen molar-refractivity contribution in [1.29, 1.82) is 0 Å². The number of ether oxygens (including phenoxy) is 21. The number of azide groups is 1. The number of rotatable bonds is 63. The minimum Gasteiger partial charge on any atom is -0.460 e. The molecule has 0 amide bonds. The van der Waals surface area contributed by atoms with Crippen LogP contribution >= 0.6 is 0 Å². The van der Waals surface area contributed by atoms with Gasteiger partial charge in [-0.3, -0.25) is 4.79 Å². The number of hydrogen-bond donors (Lipinski definition) is 0. The molecule has 72 heavy (non-hydrogen) atoms. The van der Waals surface area contributed by atoms with E-state index < -0.39 is 5.60 Å². The molecule has 0 aromatic heterocycles. The molecule has 0 fully saturated rings. The monoisotopic (exact) mass is 1050 g/mol. The Morgan fingerprint density at radius 3 is 0.597 bits per heavy atom. The van der Waals surface area contributed by atoms with Crippen LogP contribution in [-0.4, -0.2) is 282 Å². The van der Waals surface area contributed by atoms with Crippen molar-refractivity contribution in [1.82, 2.24) is 0 Å². The van der Waals surface area contributed by atoms with Crippen molar-refractivity contribution >= 4 is 5.97 Å². The molecule has 0 atom stereocenters. The van der Waals surface area contributed by atoms with E-state index in [2.05, 4.69) is 10.0 Å². The summed E-state index contributed by atoms with van der Waals surface area (Å²) in [7, 11) is 0. The second kappa shape index (κ2) is 61.5. The SMILES string of the molecule is CC(C)(C)OC(=O)CCOCCOCCOCCOCCOCCOCCOCCOCCOCCOCCOCCOCCOCCOCCOCCOCCOCCOCCOCCOCCN=[N+]=[N-]. The molecule has 428 valence electrons. The number of carbonyl (C=O) groups is 1. The maximum Gasteiger partial charge on any atom is 0.308 e. The summed E-state index contributed by atoms with van der Waals surface area (Å²) in [6.45, 7) is 24.6. The van der Waals surface area contributed by atoms with Gasteiger partial charge in [-0.25, -0.2) is 0 Å². The van der Waals surface area contributed by atoms with Crippen LogP contribution in [0.2, 0.25) is 0 Å². The fourth-order valence-electron chi connectivity index (χ4n) is 4.98. The lowest BCUT2D eigenvalue weighted by atomic mass is 10.2. The number of nitrogens with zero attached hydrogens (tertiary/aromatic N) is 3. The lowest BCUT2D eigenvalue weighted by Gasteiger charge is -2.19. The fraction of sp³-hybridized carbons (Fsp3) is 0.979. The zero-order valence-electron chi connectivity index (χ0n) is 44.0. The van der Waals surface area contributed by atoms with Gasteiger partial charge >= 0.3 is 5.97 Å². The smallest absolute Gasteiger partial charge is 0.308 e. The van der Waals surface area contributed by atoms with E-state index in [1.165, 1.54) is 0 Å². The van der Waals surface area contributed by atoms with Crippen LogP contribution in [0.5, 0.6) is 0 Å². The van der Waals surface area contributed by atoms with E-state index in [0.29, 0.717) is 271 Å². The van der Waals surface area contributed by atoms with Gasteiger partial charge < -0.3 is 99.5 Å². The van der Waals surface area contributed by atoms with Crippen molar-refractivity contribution in [2.75, 3.05) is 271 Å². The Bertz CT molecular complexity index is 1120. The van der Waals surface area contributed by atoms with Crippen LogP contribution in [0.1, 0.15) is 27.2 Å². The van der Waals surface area contributed by atoms with Crippen molar-refractivity contribution in [3.05, 3.63) is 10.4 Å². The Morgan fingerprint density at radius 2 is 0.444 bits per heavy atom. The average molecular weight is 1050 g/mol. The molecule has 0 N–H and O–H groups in total. The van der Waals surface area contributed by atoms with E-state index in [1.54, 1.807) is 0 Å². The highest BCUT2D eigenvalue weighted by Gasteiger charge is 2.15. The van der Waals surface area contributed by atoms with Crippen LogP contribution in [0.25, 0.3) is 10.4 Å². The molecule has 0 aliphatic carbocycles. The standard InChI is InChI=1S/C47H93N3O22/c1-47(2,3)72-46(51)4-6-52-8-10-54-12-14-56-16-18-58-20-22-60-24-26-62-28-30-64-32-34-66-36-38-68-40-42-70-44-45-71-43-41-69-39-37-67-35-33-65-31-29-63-27-25-61-23-21-59-19-17-57-15-13-55-11-9-53-7-5-49-50-48/h4-45H2,1-3H3. The first-order valence-electron chi connectivity index (χ1n) is 25.2. The van der Waals surface area contributed by atoms with Crippen LogP contribution < -0.4 is 0 Å². The lowest BCUT2D eigenvalue weighted by molar-refractivity contribution is -0.156. The predicted octanol–water partition coefficient (Wildman–Crippen LogP) is 2.36. The summed E-state index contributed by atoms with van der Waals surface area (Å²) in [5.74, 6) is -0.271. The number of carbonyl (C=O) groups excluding carboxylic acids is 1. The summed E-state index contributed by atoms with van der Waals surface area (Å²) < 4.78 is 115. The van der Waals surface area contributed by atoms with Gasteiger partial charge in [0, 0.05) is 11.5 Å². The molecule has 0 aromatic rings. The Labute approximate surface area is 428 Å². The first kappa shape index (κ1) is 70.0. The molecule has 0 rings (SSSR count). The van der Waals surface area contributed by atoms with Crippen LogP contribution in [0.4, 0.5) is 0 Å². The van der Waals surface area contributed by atoms with E-state index >= 15 is 0 Å². The van der Waals surface area contributed by atoms with E-state index in [1.807, 2.05) is 20.8 Å². The Balaban J connectivity index is 3.10. The van der Waals surface area contributed by atoms with Crippen molar-refractivity contribution in [2.24, 2.45) is 5.11 Å². The molecule has 0 aromatic carbocycles. The van der Waals surface area contributed by atoms with Crippen molar-refractivity contribution < 1.29 is 104 Å². The minimum atomic E-state index is -0.483. The maximum atomic E-state index is 11.6. The largest absolute Gasteiger partial charge is 0.460 e. The molecular weight excluding hydrogens is 959 g/mol. The van der Waals surface area contributed by atoms with Crippen molar-refractivity contribution in [3.8, 4) is 0 Å². The van der Waals surface area contributed by atoms with Gasteiger partial charge in [-0.1, -0.05) is 5.11 Å². The third-order valence-electron chi connectivity index (χ3n) is 8.34. The summed E-state index contributed by atoms with van der Waals surface area (Å²) in [6, 6.07) is 0. The normalized spacial score (nSPS) is 11.7. The van der Waals surface area contributed by atoms with Crippen molar-refractivity contribution in [2.45, 2.75) is 32.8 Å². The quantitative estimate of drug-likeness (QED) is 0.0278. The van der Waals surface area contributed by atoms with Crippen LogP contribution in [0, 0.1) is 0 Å². The van der Waals surface area contributed by atoms with Gasteiger partial charge in [0.1, 0.15) is 5.60 Å². The fourth-order valence-corrected chi connectivity index (χ4v) is 4.98.